The number of benzene rings is 2. The average molecular weight is 399 g/mol. The normalized spacial score (nSPS) is 13.4. The fourth-order valence-electron chi connectivity index (χ4n) is 3.27. The summed E-state index contributed by atoms with van der Waals surface area (Å²) < 4.78 is 5.77. The summed E-state index contributed by atoms with van der Waals surface area (Å²) in [6, 6.07) is 20.1. The first-order valence-corrected chi connectivity index (χ1v) is 9.70. The van der Waals surface area contributed by atoms with Crippen LogP contribution in [0.5, 0.6) is 11.5 Å². The van der Waals surface area contributed by atoms with Crippen LogP contribution in [0.2, 0.25) is 0 Å². The van der Waals surface area contributed by atoms with Crippen molar-refractivity contribution >= 4 is 17.4 Å². The Morgan fingerprint density at radius 1 is 0.900 bits per heavy atom. The highest BCUT2D eigenvalue weighted by molar-refractivity contribution is 5.89. The number of ether oxygens (including phenoxy) is 1. The summed E-state index contributed by atoms with van der Waals surface area (Å²) in [5.41, 5.74) is 2.42. The molecule has 1 aliphatic heterocycles. The summed E-state index contributed by atoms with van der Waals surface area (Å²) in [6.45, 7) is 2.89. The van der Waals surface area contributed by atoms with Crippen molar-refractivity contribution < 1.29 is 9.53 Å². The third kappa shape index (κ3) is 4.67. The van der Waals surface area contributed by atoms with Crippen molar-refractivity contribution in [3.8, 4) is 17.6 Å². The molecule has 1 aromatic heterocycles. The largest absolute Gasteiger partial charge is 0.457 e. The van der Waals surface area contributed by atoms with E-state index in [0.717, 1.165) is 18.8 Å². The zero-order chi connectivity index (χ0) is 20.8. The number of amides is 2. The van der Waals surface area contributed by atoms with E-state index >= 15 is 0 Å². The number of aromatic nitrogens is 1. The molecule has 1 fully saturated rings. The molecule has 0 spiro atoms. The highest BCUT2D eigenvalue weighted by atomic mass is 16.5. The van der Waals surface area contributed by atoms with E-state index in [-0.39, 0.29) is 6.03 Å². The molecule has 3 aromatic rings. The van der Waals surface area contributed by atoms with Crippen LogP contribution in [0.3, 0.4) is 0 Å². The molecule has 1 aliphatic rings. The summed E-state index contributed by atoms with van der Waals surface area (Å²) in [5.74, 6) is 1.31. The standard InChI is InChI=1S/C23H21N5O2/c24-17-18-1-5-21(6-2-18)30-22-7-3-19(4-8-22)26-23(29)28-15-13-27(14-16-28)20-9-11-25-12-10-20/h1-12H,13-16H2,(H,26,29). The molecule has 2 heterocycles. The van der Waals surface area contributed by atoms with E-state index in [2.05, 4.69) is 21.3 Å². The maximum absolute atomic E-state index is 12.6. The van der Waals surface area contributed by atoms with E-state index in [4.69, 9.17) is 10.00 Å². The molecule has 0 saturated carbocycles. The Bertz CT molecular complexity index is 1020. The number of hydrogen-bond donors (Lipinski definition) is 1. The number of carbonyl (C=O) groups is 1. The fraction of sp³-hybridized carbons (Fsp3) is 0.174. The van der Waals surface area contributed by atoms with Crippen LogP contribution in [-0.4, -0.2) is 42.1 Å². The Kier molecular flexibility index (Phi) is 5.76. The van der Waals surface area contributed by atoms with Crippen LogP contribution in [0.15, 0.2) is 73.1 Å². The van der Waals surface area contributed by atoms with E-state index in [1.165, 1.54) is 0 Å². The van der Waals surface area contributed by atoms with Crippen LogP contribution in [0.1, 0.15) is 5.56 Å². The van der Waals surface area contributed by atoms with Crippen LogP contribution < -0.4 is 15.0 Å². The van der Waals surface area contributed by atoms with Gasteiger partial charge in [-0.2, -0.15) is 5.26 Å². The Balaban J connectivity index is 1.29. The number of piperazine rings is 1. The first-order chi connectivity index (χ1) is 14.7. The number of nitrogens with zero attached hydrogens (tertiary/aromatic N) is 4. The van der Waals surface area contributed by atoms with Gasteiger partial charge in [0.05, 0.1) is 11.6 Å². The molecule has 0 atom stereocenters. The van der Waals surface area contributed by atoms with Crippen LogP contribution >= 0.6 is 0 Å². The number of nitrogens with one attached hydrogen (secondary N) is 1. The number of anilines is 2. The van der Waals surface area contributed by atoms with Gasteiger partial charge < -0.3 is 19.9 Å². The fourth-order valence-corrected chi connectivity index (χ4v) is 3.27. The molecule has 0 aliphatic carbocycles. The first kappa shape index (κ1) is 19.3. The molecule has 0 radical (unpaired) electrons. The lowest BCUT2D eigenvalue weighted by Gasteiger charge is -2.36. The predicted octanol–water partition coefficient (Wildman–Crippen LogP) is 4.10. The lowest BCUT2D eigenvalue weighted by atomic mass is 10.2. The molecule has 7 heteroatoms. The third-order valence-corrected chi connectivity index (χ3v) is 4.92. The van der Waals surface area contributed by atoms with E-state index in [1.807, 2.05) is 29.2 Å². The quantitative estimate of drug-likeness (QED) is 0.714. The average Bonchev–Trinajstić information content (AvgIpc) is 2.81. The van der Waals surface area contributed by atoms with Gasteiger partial charge in [-0.1, -0.05) is 0 Å². The second kappa shape index (κ2) is 8.97. The van der Waals surface area contributed by atoms with Gasteiger partial charge >= 0.3 is 6.03 Å². The Labute approximate surface area is 175 Å². The van der Waals surface area contributed by atoms with E-state index in [9.17, 15) is 4.79 Å². The van der Waals surface area contributed by atoms with Gasteiger partial charge in [0.2, 0.25) is 0 Å². The van der Waals surface area contributed by atoms with Crippen LogP contribution in [0, 0.1) is 11.3 Å². The number of carbonyl (C=O) groups excluding carboxylic acids is 1. The summed E-state index contributed by atoms with van der Waals surface area (Å²) >= 11 is 0. The van der Waals surface area contributed by atoms with Crippen molar-refractivity contribution in [2.24, 2.45) is 0 Å². The molecule has 4 rings (SSSR count). The minimum atomic E-state index is -0.106. The molecule has 2 amide bonds. The van der Waals surface area contributed by atoms with Crippen molar-refractivity contribution in [2.75, 3.05) is 36.4 Å². The maximum Gasteiger partial charge on any atom is 0.321 e. The van der Waals surface area contributed by atoms with Gasteiger partial charge in [-0.25, -0.2) is 4.79 Å². The third-order valence-electron chi connectivity index (χ3n) is 4.92. The summed E-state index contributed by atoms with van der Waals surface area (Å²) in [4.78, 5) is 20.7. The summed E-state index contributed by atoms with van der Waals surface area (Å²) in [5, 5.41) is 11.8. The van der Waals surface area contributed by atoms with E-state index in [1.54, 1.807) is 48.8 Å². The Morgan fingerprint density at radius 3 is 2.10 bits per heavy atom. The topological polar surface area (TPSA) is 81.5 Å². The SMILES string of the molecule is N#Cc1ccc(Oc2ccc(NC(=O)N3CCN(c4ccncc4)CC3)cc2)cc1. The zero-order valence-corrected chi connectivity index (χ0v) is 16.4. The van der Waals surface area contributed by atoms with E-state index < -0.39 is 0 Å². The monoisotopic (exact) mass is 399 g/mol. The highest BCUT2D eigenvalue weighted by Gasteiger charge is 2.21. The Morgan fingerprint density at radius 2 is 1.50 bits per heavy atom. The number of nitriles is 1. The lowest BCUT2D eigenvalue weighted by molar-refractivity contribution is 0.208. The molecule has 1 saturated heterocycles. The number of pyridine rings is 1. The zero-order valence-electron chi connectivity index (χ0n) is 16.4. The molecule has 0 bridgehead atoms. The molecular weight excluding hydrogens is 378 g/mol. The molecule has 0 unspecified atom stereocenters. The maximum atomic E-state index is 12.6. The van der Waals surface area contributed by atoms with Gasteiger partial charge in [0, 0.05) is 49.9 Å². The van der Waals surface area contributed by atoms with Gasteiger partial charge in [-0.05, 0) is 60.7 Å². The lowest BCUT2D eigenvalue weighted by Crippen LogP contribution is -2.50. The van der Waals surface area contributed by atoms with Gasteiger partial charge in [0.25, 0.3) is 0 Å². The summed E-state index contributed by atoms with van der Waals surface area (Å²) in [6.07, 6.45) is 3.56. The van der Waals surface area contributed by atoms with E-state index in [0.29, 0.717) is 35.8 Å². The first-order valence-electron chi connectivity index (χ1n) is 9.70. The van der Waals surface area contributed by atoms with Crippen molar-refractivity contribution in [2.45, 2.75) is 0 Å². The van der Waals surface area contributed by atoms with Gasteiger partial charge in [0.1, 0.15) is 11.5 Å². The van der Waals surface area contributed by atoms with Gasteiger partial charge in [-0.15, -0.1) is 0 Å². The van der Waals surface area contributed by atoms with Crippen molar-refractivity contribution in [3.05, 3.63) is 78.6 Å². The Hall–Kier alpha value is -4.05. The van der Waals surface area contributed by atoms with Gasteiger partial charge in [0.15, 0.2) is 0 Å². The van der Waals surface area contributed by atoms with Crippen molar-refractivity contribution in [3.63, 3.8) is 0 Å². The number of urea groups is 1. The molecule has 1 N–H and O–H groups in total. The molecule has 150 valence electrons. The van der Waals surface area contributed by atoms with Crippen LogP contribution in [0.4, 0.5) is 16.2 Å². The molecular formula is C23H21N5O2. The molecule has 7 nitrogen and oxygen atoms in total. The van der Waals surface area contributed by atoms with Crippen molar-refractivity contribution in [1.29, 1.82) is 5.26 Å². The minimum Gasteiger partial charge on any atom is -0.457 e. The second-order valence-corrected chi connectivity index (χ2v) is 6.87. The van der Waals surface area contributed by atoms with Crippen LogP contribution in [-0.2, 0) is 0 Å². The number of hydrogen-bond acceptors (Lipinski definition) is 5. The van der Waals surface area contributed by atoms with Gasteiger partial charge in [-0.3, -0.25) is 4.98 Å². The summed E-state index contributed by atoms with van der Waals surface area (Å²) in [7, 11) is 0. The minimum absolute atomic E-state index is 0.106. The van der Waals surface area contributed by atoms with Crippen LogP contribution in [0.25, 0.3) is 0 Å². The van der Waals surface area contributed by atoms with Crippen molar-refractivity contribution in [1.82, 2.24) is 9.88 Å². The molecule has 30 heavy (non-hydrogen) atoms. The smallest absolute Gasteiger partial charge is 0.321 e. The molecule has 2 aromatic carbocycles. The predicted molar refractivity (Wildman–Crippen MR) is 115 cm³/mol. The second-order valence-electron chi connectivity index (χ2n) is 6.87. The number of rotatable bonds is 4. The highest BCUT2D eigenvalue weighted by Crippen LogP contribution is 2.23.